The average molecular weight is 296 g/mol. The van der Waals surface area contributed by atoms with E-state index in [-0.39, 0.29) is 0 Å². The second-order valence-corrected chi connectivity index (χ2v) is 6.66. The monoisotopic (exact) mass is 295 g/mol. The van der Waals surface area contributed by atoms with Crippen LogP contribution < -0.4 is 5.32 Å². The van der Waals surface area contributed by atoms with Crippen molar-refractivity contribution in [3.05, 3.63) is 34.3 Å². The zero-order valence-electron chi connectivity index (χ0n) is 11.1. The van der Waals surface area contributed by atoms with E-state index in [9.17, 15) is 0 Å². The van der Waals surface area contributed by atoms with Gasteiger partial charge in [0.1, 0.15) is 0 Å². The molecule has 1 N–H and O–H groups in total. The summed E-state index contributed by atoms with van der Waals surface area (Å²) in [5, 5.41) is 3.62. The molecule has 17 heavy (non-hydrogen) atoms. The molecule has 0 aromatic heterocycles. The Labute approximate surface area is 113 Å². The minimum atomic E-state index is 0.343. The average Bonchev–Trinajstić information content (AvgIpc) is 2.25. The van der Waals surface area contributed by atoms with Crippen LogP contribution in [0.3, 0.4) is 0 Å². The summed E-state index contributed by atoms with van der Waals surface area (Å²) in [4.78, 5) is 0. The Morgan fingerprint density at radius 2 is 2.06 bits per heavy atom. The molecule has 1 nitrogen and oxygen atoms in total. The largest absolute Gasteiger partial charge is 0.313 e. The molecular formula is C15H22BrN. The highest BCUT2D eigenvalue weighted by Gasteiger charge is 2.53. The van der Waals surface area contributed by atoms with Crippen LogP contribution in [0, 0.1) is 11.3 Å². The summed E-state index contributed by atoms with van der Waals surface area (Å²) in [6.07, 6.45) is 0. The summed E-state index contributed by atoms with van der Waals surface area (Å²) in [5.41, 5.74) is 1.81. The number of halogens is 1. The van der Waals surface area contributed by atoms with E-state index in [1.165, 1.54) is 10.0 Å². The van der Waals surface area contributed by atoms with Gasteiger partial charge in [0.25, 0.3) is 0 Å². The van der Waals surface area contributed by atoms with Crippen LogP contribution in [0.25, 0.3) is 0 Å². The maximum absolute atomic E-state index is 3.62. The number of rotatable bonds is 3. The van der Waals surface area contributed by atoms with Gasteiger partial charge in [0.05, 0.1) is 0 Å². The molecule has 3 unspecified atom stereocenters. The van der Waals surface area contributed by atoms with Crippen molar-refractivity contribution in [2.45, 2.75) is 39.7 Å². The molecule has 1 aromatic rings. The van der Waals surface area contributed by atoms with Crippen molar-refractivity contribution >= 4 is 15.9 Å². The maximum atomic E-state index is 3.62. The standard InChI is InChI=1S/C15H22BrN/c1-5-17-14-10(2)13(15(14,3)4)11-7-6-8-12(16)9-11/h6-10,13-14,17H,5H2,1-4H3. The smallest absolute Gasteiger partial charge is 0.0178 e. The molecular weight excluding hydrogens is 274 g/mol. The van der Waals surface area contributed by atoms with Gasteiger partial charge in [-0.1, -0.05) is 55.8 Å². The van der Waals surface area contributed by atoms with Crippen molar-refractivity contribution in [2.24, 2.45) is 11.3 Å². The first-order valence-electron chi connectivity index (χ1n) is 6.47. The summed E-state index contributed by atoms with van der Waals surface area (Å²) >= 11 is 3.57. The number of hydrogen-bond donors (Lipinski definition) is 1. The van der Waals surface area contributed by atoms with E-state index in [1.807, 2.05) is 0 Å². The first-order chi connectivity index (χ1) is 7.98. The fraction of sp³-hybridized carbons (Fsp3) is 0.600. The van der Waals surface area contributed by atoms with E-state index in [2.05, 4.69) is 73.2 Å². The highest BCUT2D eigenvalue weighted by molar-refractivity contribution is 9.10. The van der Waals surface area contributed by atoms with Crippen molar-refractivity contribution in [1.29, 1.82) is 0 Å². The first-order valence-corrected chi connectivity index (χ1v) is 7.26. The third kappa shape index (κ3) is 2.17. The lowest BCUT2D eigenvalue weighted by atomic mass is 9.50. The van der Waals surface area contributed by atoms with Gasteiger partial charge in [-0.2, -0.15) is 0 Å². The van der Waals surface area contributed by atoms with Crippen LogP contribution >= 0.6 is 15.9 Å². The lowest BCUT2D eigenvalue weighted by Crippen LogP contribution is -2.61. The van der Waals surface area contributed by atoms with Crippen LogP contribution in [0.4, 0.5) is 0 Å². The number of nitrogens with one attached hydrogen (secondary N) is 1. The van der Waals surface area contributed by atoms with E-state index >= 15 is 0 Å². The molecule has 0 radical (unpaired) electrons. The molecule has 1 fully saturated rings. The van der Waals surface area contributed by atoms with Gasteiger partial charge in [0, 0.05) is 10.5 Å². The molecule has 1 saturated carbocycles. The minimum Gasteiger partial charge on any atom is -0.313 e. The van der Waals surface area contributed by atoms with E-state index in [0.717, 1.165) is 6.54 Å². The minimum absolute atomic E-state index is 0.343. The topological polar surface area (TPSA) is 12.0 Å². The fourth-order valence-corrected chi connectivity index (χ4v) is 4.14. The highest BCUT2D eigenvalue weighted by atomic mass is 79.9. The fourth-order valence-electron chi connectivity index (χ4n) is 3.72. The number of hydrogen-bond acceptors (Lipinski definition) is 1. The number of benzene rings is 1. The van der Waals surface area contributed by atoms with E-state index in [1.54, 1.807) is 0 Å². The van der Waals surface area contributed by atoms with Crippen molar-refractivity contribution in [3.8, 4) is 0 Å². The Hall–Kier alpha value is -0.340. The zero-order valence-corrected chi connectivity index (χ0v) is 12.7. The maximum Gasteiger partial charge on any atom is 0.0178 e. The summed E-state index contributed by atoms with van der Waals surface area (Å²) in [7, 11) is 0. The van der Waals surface area contributed by atoms with Gasteiger partial charge in [-0.05, 0) is 41.5 Å². The Balaban J connectivity index is 2.24. The predicted molar refractivity (Wildman–Crippen MR) is 77.3 cm³/mol. The van der Waals surface area contributed by atoms with Crippen molar-refractivity contribution < 1.29 is 0 Å². The van der Waals surface area contributed by atoms with Gasteiger partial charge in [0.15, 0.2) is 0 Å². The Kier molecular flexibility index (Phi) is 3.65. The molecule has 0 saturated heterocycles. The molecule has 0 heterocycles. The second-order valence-electron chi connectivity index (χ2n) is 5.75. The summed E-state index contributed by atoms with van der Waals surface area (Å²) in [6, 6.07) is 9.40. The molecule has 3 atom stereocenters. The predicted octanol–water partition coefficient (Wildman–Crippen LogP) is 4.19. The first kappa shape index (κ1) is 13.1. The highest BCUT2D eigenvalue weighted by Crippen LogP contribution is 2.56. The third-order valence-electron chi connectivity index (χ3n) is 4.29. The zero-order chi connectivity index (χ0) is 12.6. The lowest BCUT2D eigenvalue weighted by molar-refractivity contribution is 0.00141. The second kappa shape index (κ2) is 4.74. The van der Waals surface area contributed by atoms with Crippen molar-refractivity contribution in [2.75, 3.05) is 6.54 Å². The molecule has 1 aromatic carbocycles. The van der Waals surface area contributed by atoms with Gasteiger partial charge >= 0.3 is 0 Å². The van der Waals surface area contributed by atoms with Crippen molar-refractivity contribution in [1.82, 2.24) is 5.32 Å². The van der Waals surface area contributed by atoms with Gasteiger partial charge < -0.3 is 5.32 Å². The van der Waals surface area contributed by atoms with Gasteiger partial charge in [-0.3, -0.25) is 0 Å². The molecule has 0 amide bonds. The normalized spacial score (nSPS) is 31.0. The van der Waals surface area contributed by atoms with Gasteiger partial charge in [-0.15, -0.1) is 0 Å². The van der Waals surface area contributed by atoms with Crippen LogP contribution in [0.5, 0.6) is 0 Å². The molecule has 2 rings (SSSR count). The quantitative estimate of drug-likeness (QED) is 0.882. The Morgan fingerprint density at radius 1 is 1.35 bits per heavy atom. The Bertz CT molecular complexity index is 400. The van der Waals surface area contributed by atoms with Crippen LogP contribution in [0.2, 0.25) is 0 Å². The van der Waals surface area contributed by atoms with Gasteiger partial charge in [-0.25, -0.2) is 0 Å². The summed E-state index contributed by atoms with van der Waals surface area (Å²) in [6.45, 7) is 10.4. The Morgan fingerprint density at radius 3 is 2.59 bits per heavy atom. The van der Waals surface area contributed by atoms with Crippen LogP contribution in [-0.2, 0) is 0 Å². The van der Waals surface area contributed by atoms with Crippen molar-refractivity contribution in [3.63, 3.8) is 0 Å². The van der Waals surface area contributed by atoms with E-state index < -0.39 is 0 Å². The third-order valence-corrected chi connectivity index (χ3v) is 4.78. The SMILES string of the molecule is CCNC1C(C)C(c2cccc(Br)c2)C1(C)C. The van der Waals surface area contributed by atoms with Gasteiger partial charge in [0.2, 0.25) is 0 Å². The molecule has 0 spiro atoms. The summed E-state index contributed by atoms with van der Waals surface area (Å²) in [5.74, 6) is 1.36. The molecule has 1 aliphatic carbocycles. The van der Waals surface area contributed by atoms with E-state index in [0.29, 0.717) is 23.3 Å². The molecule has 2 heteroatoms. The van der Waals surface area contributed by atoms with Crippen LogP contribution in [0.1, 0.15) is 39.2 Å². The van der Waals surface area contributed by atoms with E-state index in [4.69, 9.17) is 0 Å². The molecule has 0 bridgehead atoms. The molecule has 94 valence electrons. The lowest BCUT2D eigenvalue weighted by Gasteiger charge is -2.58. The van der Waals surface area contributed by atoms with Crippen LogP contribution in [0.15, 0.2) is 28.7 Å². The summed E-state index contributed by atoms with van der Waals surface area (Å²) < 4.78 is 1.19. The van der Waals surface area contributed by atoms with Crippen LogP contribution in [-0.4, -0.2) is 12.6 Å². The molecule has 0 aliphatic heterocycles. The molecule has 1 aliphatic rings.